The van der Waals surface area contributed by atoms with Crippen LogP contribution in [-0.4, -0.2) is 23.7 Å². The number of nitrogens with zero attached hydrogens (tertiary/aromatic N) is 2. The number of aryl methyl sites for hydroxylation is 2. The normalized spacial score (nSPS) is 11.6. The van der Waals surface area contributed by atoms with E-state index < -0.39 is 10.0 Å². The zero-order valence-electron chi connectivity index (χ0n) is 13.1. The number of carbonyl (C=O) groups is 1. The van der Waals surface area contributed by atoms with Crippen LogP contribution in [0.2, 0.25) is 0 Å². The number of hydrogen-bond donors (Lipinski definition) is 2. The molecule has 0 aliphatic carbocycles. The molecule has 0 spiro atoms. The Kier molecular flexibility index (Phi) is 3.86. The average molecular weight is 344 g/mol. The number of primary sulfonamides is 1. The molecule has 3 N–H and O–H groups in total. The lowest BCUT2D eigenvalue weighted by Gasteiger charge is -2.07. The van der Waals surface area contributed by atoms with Gasteiger partial charge in [-0.25, -0.2) is 18.5 Å². The number of benzene rings is 1. The van der Waals surface area contributed by atoms with E-state index in [0.717, 1.165) is 11.2 Å². The number of sulfonamides is 1. The topological polar surface area (TPSA) is 107 Å². The van der Waals surface area contributed by atoms with Gasteiger partial charge in [-0.15, -0.1) is 0 Å². The van der Waals surface area contributed by atoms with Crippen molar-refractivity contribution in [1.82, 2.24) is 9.38 Å². The number of fused-ring (bicyclic) bond motifs is 1. The Bertz CT molecular complexity index is 1040. The number of hydrogen-bond acceptors (Lipinski definition) is 4. The molecule has 1 amide bonds. The van der Waals surface area contributed by atoms with Gasteiger partial charge in [0.2, 0.25) is 10.0 Å². The van der Waals surface area contributed by atoms with Crippen LogP contribution in [0.3, 0.4) is 0 Å². The number of imidazole rings is 1. The standard InChI is InChI=1S/C16H16N4O3S/c1-10-4-3-9-20-14(11(2)18-15(10)20)16(21)19-12-5-7-13(8-6-12)24(17,22)23/h3-9H,1-2H3,(H,19,21)(H2,17,22,23). The molecule has 0 aliphatic heterocycles. The second-order valence-corrected chi connectivity index (χ2v) is 7.02. The summed E-state index contributed by atoms with van der Waals surface area (Å²) in [7, 11) is -3.76. The number of carbonyl (C=O) groups excluding carboxylic acids is 1. The molecule has 3 rings (SSSR count). The van der Waals surface area contributed by atoms with Gasteiger partial charge >= 0.3 is 0 Å². The molecule has 2 aromatic heterocycles. The first kappa shape index (κ1) is 16.2. The molecule has 7 nitrogen and oxygen atoms in total. The highest BCUT2D eigenvalue weighted by Crippen LogP contribution is 2.18. The zero-order chi connectivity index (χ0) is 17.5. The fourth-order valence-corrected chi connectivity index (χ4v) is 3.02. The Morgan fingerprint density at radius 3 is 2.46 bits per heavy atom. The van der Waals surface area contributed by atoms with Crippen LogP contribution in [0.4, 0.5) is 5.69 Å². The van der Waals surface area contributed by atoms with Crippen LogP contribution in [0.1, 0.15) is 21.7 Å². The maximum atomic E-state index is 12.6. The third kappa shape index (κ3) is 2.89. The van der Waals surface area contributed by atoms with Gasteiger partial charge in [-0.1, -0.05) is 6.07 Å². The maximum absolute atomic E-state index is 12.6. The molecular weight excluding hydrogens is 328 g/mol. The first-order valence-electron chi connectivity index (χ1n) is 7.16. The summed E-state index contributed by atoms with van der Waals surface area (Å²) >= 11 is 0. The van der Waals surface area contributed by atoms with Crippen LogP contribution in [0.25, 0.3) is 5.65 Å². The highest BCUT2D eigenvalue weighted by atomic mass is 32.2. The van der Waals surface area contributed by atoms with Crippen LogP contribution in [0, 0.1) is 13.8 Å². The summed E-state index contributed by atoms with van der Waals surface area (Å²) in [4.78, 5) is 17.0. The first-order chi connectivity index (χ1) is 11.3. The molecule has 0 saturated carbocycles. The smallest absolute Gasteiger partial charge is 0.274 e. The van der Waals surface area contributed by atoms with E-state index in [1.54, 1.807) is 17.5 Å². The molecule has 1 aromatic carbocycles. The molecule has 0 fully saturated rings. The van der Waals surface area contributed by atoms with Gasteiger partial charge in [0.1, 0.15) is 11.3 Å². The van der Waals surface area contributed by atoms with Crippen molar-refractivity contribution in [2.45, 2.75) is 18.7 Å². The molecule has 24 heavy (non-hydrogen) atoms. The van der Waals surface area contributed by atoms with Gasteiger partial charge in [0, 0.05) is 11.9 Å². The van der Waals surface area contributed by atoms with Gasteiger partial charge in [-0.2, -0.15) is 0 Å². The number of rotatable bonds is 3. The van der Waals surface area contributed by atoms with Crippen molar-refractivity contribution in [3.63, 3.8) is 0 Å². The second kappa shape index (κ2) is 5.73. The zero-order valence-corrected chi connectivity index (χ0v) is 14.0. The van der Waals surface area contributed by atoms with Gasteiger partial charge < -0.3 is 5.32 Å². The van der Waals surface area contributed by atoms with Crippen molar-refractivity contribution in [3.8, 4) is 0 Å². The van der Waals surface area contributed by atoms with E-state index in [1.807, 2.05) is 19.1 Å². The molecule has 0 unspecified atom stereocenters. The van der Waals surface area contributed by atoms with Crippen molar-refractivity contribution in [1.29, 1.82) is 0 Å². The van der Waals surface area contributed by atoms with E-state index in [1.165, 1.54) is 24.3 Å². The Morgan fingerprint density at radius 1 is 1.17 bits per heavy atom. The lowest BCUT2D eigenvalue weighted by atomic mass is 10.2. The monoisotopic (exact) mass is 344 g/mol. The Balaban J connectivity index is 1.93. The third-order valence-electron chi connectivity index (χ3n) is 3.68. The van der Waals surface area contributed by atoms with Crippen LogP contribution >= 0.6 is 0 Å². The summed E-state index contributed by atoms with van der Waals surface area (Å²) in [5.41, 5.74) is 3.21. The van der Waals surface area contributed by atoms with Gasteiger partial charge in [0.25, 0.3) is 5.91 Å². The minimum Gasteiger partial charge on any atom is -0.321 e. The lowest BCUT2D eigenvalue weighted by Crippen LogP contribution is -2.16. The van der Waals surface area contributed by atoms with E-state index in [9.17, 15) is 13.2 Å². The predicted octanol–water partition coefficient (Wildman–Crippen LogP) is 1.85. The predicted molar refractivity (Wildman–Crippen MR) is 90.4 cm³/mol. The van der Waals surface area contributed by atoms with Crippen LogP contribution < -0.4 is 10.5 Å². The molecule has 0 atom stereocenters. The number of nitrogens with two attached hydrogens (primary N) is 1. The summed E-state index contributed by atoms with van der Waals surface area (Å²) in [6.45, 7) is 3.70. The summed E-state index contributed by atoms with van der Waals surface area (Å²) < 4.78 is 24.2. The molecule has 124 valence electrons. The van der Waals surface area contributed by atoms with Crippen molar-refractivity contribution < 1.29 is 13.2 Å². The Hall–Kier alpha value is -2.71. The molecule has 0 aliphatic rings. The molecule has 0 radical (unpaired) electrons. The number of nitrogens with one attached hydrogen (secondary N) is 1. The molecule has 3 aromatic rings. The van der Waals surface area contributed by atoms with E-state index in [4.69, 9.17) is 5.14 Å². The Morgan fingerprint density at radius 2 is 1.83 bits per heavy atom. The number of anilines is 1. The van der Waals surface area contributed by atoms with Crippen molar-refractivity contribution in [3.05, 3.63) is 59.5 Å². The quantitative estimate of drug-likeness (QED) is 0.756. The van der Waals surface area contributed by atoms with Crippen molar-refractivity contribution in [2.24, 2.45) is 5.14 Å². The van der Waals surface area contributed by atoms with E-state index in [-0.39, 0.29) is 10.8 Å². The minimum absolute atomic E-state index is 0.0119. The summed E-state index contributed by atoms with van der Waals surface area (Å²) in [6, 6.07) is 9.44. The van der Waals surface area contributed by atoms with Crippen molar-refractivity contribution >= 4 is 27.3 Å². The molecule has 2 heterocycles. The number of aromatic nitrogens is 2. The highest BCUT2D eigenvalue weighted by molar-refractivity contribution is 7.89. The maximum Gasteiger partial charge on any atom is 0.274 e. The first-order valence-corrected chi connectivity index (χ1v) is 8.70. The summed E-state index contributed by atoms with van der Waals surface area (Å²) in [5, 5.41) is 7.79. The van der Waals surface area contributed by atoms with E-state index >= 15 is 0 Å². The fraction of sp³-hybridized carbons (Fsp3) is 0.125. The fourth-order valence-electron chi connectivity index (χ4n) is 2.51. The second-order valence-electron chi connectivity index (χ2n) is 5.45. The van der Waals surface area contributed by atoms with Crippen molar-refractivity contribution in [2.75, 3.05) is 5.32 Å². The number of amides is 1. The molecule has 8 heteroatoms. The summed E-state index contributed by atoms with van der Waals surface area (Å²) in [6.07, 6.45) is 1.78. The van der Waals surface area contributed by atoms with E-state index in [0.29, 0.717) is 17.1 Å². The van der Waals surface area contributed by atoms with Gasteiger partial charge in [0.05, 0.1) is 10.6 Å². The number of pyridine rings is 1. The summed E-state index contributed by atoms with van der Waals surface area (Å²) in [5.74, 6) is -0.325. The van der Waals surface area contributed by atoms with Gasteiger partial charge in [-0.05, 0) is 49.7 Å². The molecular formula is C16H16N4O3S. The SMILES string of the molecule is Cc1nc2c(C)cccn2c1C(=O)Nc1ccc(S(N)(=O)=O)cc1. The Labute approximate surface area is 139 Å². The lowest BCUT2D eigenvalue weighted by molar-refractivity contribution is 0.102. The molecule has 0 saturated heterocycles. The largest absolute Gasteiger partial charge is 0.321 e. The van der Waals surface area contributed by atoms with E-state index in [2.05, 4.69) is 10.3 Å². The minimum atomic E-state index is -3.76. The van der Waals surface area contributed by atoms with Gasteiger partial charge in [-0.3, -0.25) is 9.20 Å². The molecule has 0 bridgehead atoms. The third-order valence-corrected chi connectivity index (χ3v) is 4.60. The van der Waals surface area contributed by atoms with Crippen LogP contribution in [-0.2, 0) is 10.0 Å². The highest BCUT2D eigenvalue weighted by Gasteiger charge is 2.17. The van der Waals surface area contributed by atoms with Crippen LogP contribution in [0.5, 0.6) is 0 Å². The van der Waals surface area contributed by atoms with Gasteiger partial charge in [0.15, 0.2) is 0 Å². The van der Waals surface area contributed by atoms with Crippen LogP contribution in [0.15, 0.2) is 47.5 Å². The average Bonchev–Trinajstić information content (AvgIpc) is 2.84.